The summed E-state index contributed by atoms with van der Waals surface area (Å²) in [5.41, 5.74) is 1.75. The van der Waals surface area contributed by atoms with Crippen molar-refractivity contribution >= 4 is 35.2 Å². The van der Waals surface area contributed by atoms with Gasteiger partial charge in [-0.25, -0.2) is 4.39 Å². The molecule has 36 heavy (non-hydrogen) atoms. The van der Waals surface area contributed by atoms with Gasteiger partial charge in [0, 0.05) is 41.6 Å². The summed E-state index contributed by atoms with van der Waals surface area (Å²) in [6.45, 7) is 2.85. The maximum absolute atomic E-state index is 13.6. The lowest BCUT2D eigenvalue weighted by Crippen LogP contribution is -2.50. The lowest BCUT2D eigenvalue weighted by Gasteiger charge is -2.31. The summed E-state index contributed by atoms with van der Waals surface area (Å²) in [6.07, 6.45) is 2.50. The lowest BCUT2D eigenvalue weighted by molar-refractivity contribution is -0.141. The van der Waals surface area contributed by atoms with Gasteiger partial charge in [0.15, 0.2) is 0 Å². The number of halogens is 2. The summed E-state index contributed by atoms with van der Waals surface area (Å²) in [4.78, 5) is 29.6. The van der Waals surface area contributed by atoms with E-state index >= 15 is 0 Å². The first-order valence-corrected chi connectivity index (χ1v) is 13.6. The van der Waals surface area contributed by atoms with Gasteiger partial charge in [-0.1, -0.05) is 67.4 Å². The van der Waals surface area contributed by atoms with Crippen LogP contribution in [0.25, 0.3) is 0 Å². The van der Waals surface area contributed by atoms with E-state index in [-0.39, 0.29) is 30.6 Å². The Balaban J connectivity index is 1.81. The quantitative estimate of drug-likeness (QED) is 0.204. The monoisotopic (exact) mass is 526 g/mol. The van der Waals surface area contributed by atoms with Crippen molar-refractivity contribution in [2.24, 2.45) is 0 Å². The van der Waals surface area contributed by atoms with E-state index < -0.39 is 6.04 Å². The van der Waals surface area contributed by atoms with E-state index in [1.807, 2.05) is 54.6 Å². The number of nitrogens with zero attached hydrogens (tertiary/aromatic N) is 1. The number of nitrogens with one attached hydrogen (secondary N) is 1. The van der Waals surface area contributed by atoms with Crippen molar-refractivity contribution in [2.75, 3.05) is 12.3 Å². The minimum atomic E-state index is -0.678. The van der Waals surface area contributed by atoms with Crippen LogP contribution in [0.15, 0.2) is 83.8 Å². The average molecular weight is 527 g/mol. The fourth-order valence-corrected chi connectivity index (χ4v) is 4.74. The highest BCUT2D eigenvalue weighted by atomic mass is 35.5. The Bertz CT molecular complexity index is 1090. The van der Waals surface area contributed by atoms with E-state index in [4.69, 9.17) is 11.6 Å². The number of thioether (sulfide) groups is 1. The van der Waals surface area contributed by atoms with E-state index in [0.29, 0.717) is 23.7 Å². The van der Waals surface area contributed by atoms with Crippen LogP contribution >= 0.6 is 23.4 Å². The van der Waals surface area contributed by atoms with Gasteiger partial charge in [0.05, 0.1) is 0 Å². The largest absolute Gasteiger partial charge is 0.354 e. The van der Waals surface area contributed by atoms with Gasteiger partial charge in [-0.05, 0) is 53.9 Å². The van der Waals surface area contributed by atoms with Gasteiger partial charge in [-0.2, -0.15) is 0 Å². The zero-order valence-electron chi connectivity index (χ0n) is 20.5. The highest BCUT2D eigenvalue weighted by molar-refractivity contribution is 7.99. The second-order valence-corrected chi connectivity index (χ2v) is 10.2. The highest BCUT2D eigenvalue weighted by Gasteiger charge is 2.30. The van der Waals surface area contributed by atoms with Crippen molar-refractivity contribution in [1.82, 2.24) is 10.2 Å². The Hall–Kier alpha value is -2.83. The second-order valence-electron chi connectivity index (χ2n) is 8.55. The van der Waals surface area contributed by atoms with Crippen molar-refractivity contribution in [2.45, 2.75) is 50.1 Å². The Morgan fingerprint density at radius 1 is 0.972 bits per heavy atom. The number of benzene rings is 3. The van der Waals surface area contributed by atoms with Crippen LogP contribution in [0.5, 0.6) is 0 Å². The maximum atomic E-state index is 13.6. The first-order valence-electron chi connectivity index (χ1n) is 12.2. The summed E-state index contributed by atoms with van der Waals surface area (Å²) in [7, 11) is 0. The van der Waals surface area contributed by atoms with Crippen LogP contribution in [0.1, 0.15) is 37.3 Å². The zero-order valence-corrected chi connectivity index (χ0v) is 22.0. The van der Waals surface area contributed by atoms with Crippen molar-refractivity contribution in [3.63, 3.8) is 0 Å². The van der Waals surface area contributed by atoms with E-state index in [1.165, 1.54) is 12.1 Å². The predicted octanol–water partition coefficient (Wildman–Crippen LogP) is 6.52. The molecule has 3 aromatic rings. The van der Waals surface area contributed by atoms with Crippen molar-refractivity contribution in [3.8, 4) is 0 Å². The second kappa shape index (κ2) is 14.7. The first kappa shape index (κ1) is 27.8. The molecule has 2 amide bonds. The van der Waals surface area contributed by atoms with Crippen LogP contribution in [0.3, 0.4) is 0 Å². The molecule has 0 aliphatic heterocycles. The predicted molar refractivity (Wildman–Crippen MR) is 146 cm³/mol. The Morgan fingerprint density at radius 2 is 1.67 bits per heavy atom. The van der Waals surface area contributed by atoms with E-state index in [9.17, 15) is 14.0 Å². The fraction of sp³-hybridized carbons (Fsp3) is 0.310. The summed E-state index contributed by atoms with van der Waals surface area (Å²) in [6, 6.07) is 22.6. The van der Waals surface area contributed by atoms with Gasteiger partial charge in [0.2, 0.25) is 11.8 Å². The smallest absolute Gasteiger partial charge is 0.243 e. The van der Waals surface area contributed by atoms with Crippen LogP contribution < -0.4 is 5.32 Å². The van der Waals surface area contributed by atoms with Crippen LogP contribution in [0.4, 0.5) is 4.39 Å². The molecule has 0 aliphatic carbocycles. The molecule has 0 spiro atoms. The summed E-state index contributed by atoms with van der Waals surface area (Å²) >= 11 is 7.54. The molecule has 190 valence electrons. The van der Waals surface area contributed by atoms with Gasteiger partial charge in [-0.3, -0.25) is 9.59 Å². The molecule has 3 aromatic carbocycles. The number of carbonyl (C=O) groups excluding carboxylic acids is 2. The highest BCUT2D eigenvalue weighted by Crippen LogP contribution is 2.22. The molecular weight excluding hydrogens is 495 g/mol. The molecule has 0 aromatic heterocycles. The number of carbonyl (C=O) groups is 2. The third-order valence-corrected chi connectivity index (χ3v) is 7.03. The molecule has 0 unspecified atom stereocenters. The van der Waals surface area contributed by atoms with E-state index in [1.54, 1.807) is 28.8 Å². The molecule has 0 radical (unpaired) electrons. The molecule has 1 atom stereocenters. The fourth-order valence-electron chi connectivity index (χ4n) is 3.78. The normalized spacial score (nSPS) is 11.6. The zero-order chi connectivity index (χ0) is 25.8. The number of unbranched alkanes of at least 4 members (excludes halogenated alkanes) is 1. The molecule has 0 bridgehead atoms. The molecule has 0 saturated heterocycles. The number of hydrogen-bond acceptors (Lipinski definition) is 3. The summed E-state index contributed by atoms with van der Waals surface area (Å²) in [5, 5.41) is 3.68. The van der Waals surface area contributed by atoms with Gasteiger partial charge >= 0.3 is 0 Å². The van der Waals surface area contributed by atoms with Crippen molar-refractivity contribution in [1.29, 1.82) is 0 Å². The Morgan fingerprint density at radius 3 is 2.33 bits per heavy atom. The topological polar surface area (TPSA) is 49.4 Å². The third kappa shape index (κ3) is 8.99. The first-order chi connectivity index (χ1) is 17.5. The molecule has 0 heterocycles. The minimum Gasteiger partial charge on any atom is -0.354 e. The van der Waals surface area contributed by atoms with Crippen LogP contribution in [0.2, 0.25) is 5.02 Å². The molecule has 3 rings (SSSR count). The number of rotatable bonds is 13. The summed E-state index contributed by atoms with van der Waals surface area (Å²) in [5.74, 6) is -0.0646. The minimum absolute atomic E-state index is 0.118. The molecular formula is C29H32ClFN2O2S. The molecule has 4 nitrogen and oxygen atoms in total. The van der Waals surface area contributed by atoms with Crippen molar-refractivity contribution in [3.05, 3.63) is 101 Å². The van der Waals surface area contributed by atoms with Gasteiger partial charge in [0.1, 0.15) is 11.9 Å². The lowest BCUT2D eigenvalue weighted by atomic mass is 10.0. The average Bonchev–Trinajstić information content (AvgIpc) is 2.89. The maximum Gasteiger partial charge on any atom is 0.243 e. The van der Waals surface area contributed by atoms with Gasteiger partial charge < -0.3 is 10.2 Å². The number of amides is 2. The third-order valence-electron chi connectivity index (χ3n) is 5.77. The standard InChI is InChI=1S/C29H32ClFN2O2S/c1-2-3-18-32-29(35)27(20-22-7-5-4-6-8-22)33(21-23-9-13-25(31)14-10-23)28(34)17-19-36-26-15-11-24(30)12-16-26/h4-16,27H,2-3,17-21H2,1H3,(H,32,35)/t27-/m0/s1. The van der Waals surface area contributed by atoms with Gasteiger partial charge in [0.25, 0.3) is 0 Å². The molecule has 7 heteroatoms. The SMILES string of the molecule is CCCCNC(=O)[C@H](Cc1ccccc1)N(Cc1ccc(F)cc1)C(=O)CCSc1ccc(Cl)cc1. The number of hydrogen-bond donors (Lipinski definition) is 1. The van der Waals surface area contributed by atoms with Crippen LogP contribution in [-0.2, 0) is 22.6 Å². The van der Waals surface area contributed by atoms with E-state index in [2.05, 4.69) is 12.2 Å². The molecule has 1 N–H and O–H groups in total. The summed E-state index contributed by atoms with van der Waals surface area (Å²) < 4.78 is 13.5. The Labute approximate surface area is 222 Å². The van der Waals surface area contributed by atoms with Crippen LogP contribution in [-0.4, -0.2) is 35.1 Å². The van der Waals surface area contributed by atoms with E-state index in [0.717, 1.165) is 28.9 Å². The molecule has 0 aliphatic rings. The Kier molecular flexibility index (Phi) is 11.3. The van der Waals surface area contributed by atoms with Crippen LogP contribution in [0, 0.1) is 5.82 Å². The van der Waals surface area contributed by atoms with Crippen molar-refractivity contribution < 1.29 is 14.0 Å². The molecule has 0 fully saturated rings. The molecule has 0 saturated carbocycles. The van der Waals surface area contributed by atoms with Gasteiger partial charge in [-0.15, -0.1) is 11.8 Å².